The molecule has 0 saturated heterocycles. The predicted octanol–water partition coefficient (Wildman–Crippen LogP) is 2.74. The lowest BCUT2D eigenvalue weighted by Crippen LogP contribution is -2.41. The van der Waals surface area contributed by atoms with Crippen molar-refractivity contribution in [1.82, 2.24) is 10.3 Å². The molecule has 0 aliphatic heterocycles. The van der Waals surface area contributed by atoms with Gasteiger partial charge in [0.1, 0.15) is 0 Å². The fourth-order valence-corrected chi connectivity index (χ4v) is 2.72. The van der Waals surface area contributed by atoms with E-state index in [1.54, 1.807) is 6.20 Å². The van der Waals surface area contributed by atoms with Crippen LogP contribution in [0.4, 0.5) is 5.69 Å². The normalized spacial score (nSPS) is 22.9. The fraction of sp³-hybridized carbons (Fsp3) is 0.600. The van der Waals surface area contributed by atoms with Gasteiger partial charge < -0.3 is 10.6 Å². The van der Waals surface area contributed by atoms with Crippen molar-refractivity contribution in [2.75, 3.05) is 12.4 Å². The molecule has 2 unspecified atom stereocenters. The zero-order chi connectivity index (χ0) is 13.8. The minimum Gasteiger partial charge on any atom is -0.387 e. The van der Waals surface area contributed by atoms with E-state index in [0.29, 0.717) is 17.5 Å². The molecule has 1 aromatic rings. The minimum absolute atomic E-state index is 0.0180. The first-order chi connectivity index (χ1) is 9.11. The molecule has 4 heteroatoms. The lowest BCUT2D eigenvalue weighted by atomic mass is 9.86. The highest BCUT2D eigenvalue weighted by Gasteiger charge is 2.24. The van der Waals surface area contributed by atoms with Crippen molar-refractivity contribution >= 4 is 11.6 Å². The van der Waals surface area contributed by atoms with E-state index in [-0.39, 0.29) is 5.91 Å². The molecule has 1 fully saturated rings. The molecule has 1 saturated carbocycles. The van der Waals surface area contributed by atoms with Crippen LogP contribution in [0.5, 0.6) is 0 Å². The third kappa shape index (κ3) is 3.25. The molecule has 4 nitrogen and oxygen atoms in total. The van der Waals surface area contributed by atoms with E-state index in [2.05, 4.69) is 22.5 Å². The van der Waals surface area contributed by atoms with Crippen molar-refractivity contribution in [3.05, 3.63) is 23.5 Å². The molecule has 1 aliphatic rings. The maximum Gasteiger partial charge on any atom is 0.255 e. The maximum atomic E-state index is 12.4. The van der Waals surface area contributed by atoms with Gasteiger partial charge in [-0.05, 0) is 31.7 Å². The number of hydrogen-bond donors (Lipinski definition) is 2. The Morgan fingerprint density at radius 3 is 2.79 bits per heavy atom. The third-order valence-corrected chi connectivity index (χ3v) is 3.98. The Hall–Kier alpha value is -1.58. The number of amides is 1. The van der Waals surface area contributed by atoms with Crippen LogP contribution in [0.15, 0.2) is 12.3 Å². The van der Waals surface area contributed by atoms with Crippen LogP contribution in [0.3, 0.4) is 0 Å². The highest BCUT2D eigenvalue weighted by atomic mass is 16.1. The summed E-state index contributed by atoms with van der Waals surface area (Å²) in [7, 11) is 1.83. The first-order valence-corrected chi connectivity index (χ1v) is 7.07. The predicted molar refractivity (Wildman–Crippen MR) is 77.4 cm³/mol. The minimum atomic E-state index is -0.0180. The molecule has 0 radical (unpaired) electrons. The zero-order valence-electron chi connectivity index (χ0n) is 12.0. The first kappa shape index (κ1) is 13.8. The molecular weight excluding hydrogens is 238 g/mol. The number of nitrogens with one attached hydrogen (secondary N) is 2. The van der Waals surface area contributed by atoms with Gasteiger partial charge in [0.25, 0.3) is 5.91 Å². The molecule has 1 heterocycles. The number of pyridine rings is 1. The van der Waals surface area contributed by atoms with Crippen LogP contribution < -0.4 is 10.6 Å². The van der Waals surface area contributed by atoms with E-state index in [1.807, 2.05) is 20.0 Å². The summed E-state index contributed by atoms with van der Waals surface area (Å²) in [6, 6.07) is 2.20. The maximum absolute atomic E-state index is 12.4. The molecule has 1 amide bonds. The SMILES string of the molecule is CNc1cc(C)ncc1C(=O)NC1CCCCC1C. The number of carbonyl (C=O) groups excluding carboxylic acids is 1. The quantitative estimate of drug-likeness (QED) is 0.879. The van der Waals surface area contributed by atoms with E-state index < -0.39 is 0 Å². The molecule has 19 heavy (non-hydrogen) atoms. The van der Waals surface area contributed by atoms with Crippen molar-refractivity contribution < 1.29 is 4.79 Å². The van der Waals surface area contributed by atoms with E-state index in [9.17, 15) is 4.79 Å². The largest absolute Gasteiger partial charge is 0.387 e. The summed E-state index contributed by atoms with van der Waals surface area (Å²) in [6.45, 7) is 4.14. The van der Waals surface area contributed by atoms with Crippen LogP contribution in [-0.2, 0) is 0 Å². The van der Waals surface area contributed by atoms with Crippen LogP contribution in [-0.4, -0.2) is 24.0 Å². The van der Waals surface area contributed by atoms with Gasteiger partial charge in [-0.3, -0.25) is 9.78 Å². The molecule has 0 aromatic carbocycles. The molecule has 1 aliphatic carbocycles. The van der Waals surface area contributed by atoms with Gasteiger partial charge in [0.05, 0.1) is 11.3 Å². The molecule has 2 N–H and O–H groups in total. The summed E-state index contributed by atoms with van der Waals surface area (Å²) in [4.78, 5) is 16.6. The first-order valence-electron chi connectivity index (χ1n) is 7.07. The standard InChI is InChI=1S/C15H23N3O/c1-10-6-4-5-7-13(10)18-15(19)12-9-17-11(2)8-14(12)16-3/h8-10,13H,4-7H2,1-3H3,(H,16,17)(H,18,19). The van der Waals surface area contributed by atoms with Crippen molar-refractivity contribution in [2.45, 2.75) is 45.6 Å². The van der Waals surface area contributed by atoms with Gasteiger partial charge in [0, 0.05) is 25.0 Å². The number of rotatable bonds is 3. The summed E-state index contributed by atoms with van der Waals surface area (Å²) in [5.74, 6) is 0.546. The van der Waals surface area contributed by atoms with Gasteiger partial charge >= 0.3 is 0 Å². The average molecular weight is 261 g/mol. The molecule has 0 spiro atoms. The van der Waals surface area contributed by atoms with Gasteiger partial charge in [-0.2, -0.15) is 0 Å². The van der Waals surface area contributed by atoms with Crippen LogP contribution in [0, 0.1) is 12.8 Å². The Morgan fingerprint density at radius 1 is 1.37 bits per heavy atom. The average Bonchev–Trinajstić information content (AvgIpc) is 2.41. The molecule has 2 atom stereocenters. The van der Waals surface area contributed by atoms with Crippen molar-refractivity contribution in [3.8, 4) is 0 Å². The van der Waals surface area contributed by atoms with Gasteiger partial charge in [-0.25, -0.2) is 0 Å². The Kier molecular flexibility index (Phi) is 4.40. The van der Waals surface area contributed by atoms with E-state index in [0.717, 1.165) is 17.8 Å². The van der Waals surface area contributed by atoms with Crippen molar-refractivity contribution in [2.24, 2.45) is 5.92 Å². The number of nitrogens with zero attached hydrogens (tertiary/aromatic N) is 1. The van der Waals surface area contributed by atoms with Crippen LogP contribution in [0.1, 0.15) is 48.7 Å². The highest BCUT2D eigenvalue weighted by Crippen LogP contribution is 2.24. The van der Waals surface area contributed by atoms with Crippen LogP contribution in [0.2, 0.25) is 0 Å². The lowest BCUT2D eigenvalue weighted by Gasteiger charge is -2.29. The molecular formula is C15H23N3O. The molecule has 1 aromatic heterocycles. The summed E-state index contributed by atoms with van der Waals surface area (Å²) in [5, 5.41) is 6.23. The van der Waals surface area contributed by atoms with E-state index in [4.69, 9.17) is 0 Å². The number of carbonyl (C=O) groups is 1. The van der Waals surface area contributed by atoms with E-state index >= 15 is 0 Å². The van der Waals surface area contributed by atoms with Crippen molar-refractivity contribution in [3.63, 3.8) is 0 Å². The zero-order valence-corrected chi connectivity index (χ0v) is 12.0. The topological polar surface area (TPSA) is 54.0 Å². The second-order valence-electron chi connectivity index (χ2n) is 5.46. The number of aryl methyl sites for hydroxylation is 1. The fourth-order valence-electron chi connectivity index (χ4n) is 2.72. The molecule has 0 bridgehead atoms. The Balaban J connectivity index is 2.11. The smallest absolute Gasteiger partial charge is 0.255 e. The van der Waals surface area contributed by atoms with E-state index in [1.165, 1.54) is 19.3 Å². The van der Waals surface area contributed by atoms with Gasteiger partial charge in [0.2, 0.25) is 0 Å². The second kappa shape index (κ2) is 6.04. The number of anilines is 1. The van der Waals surface area contributed by atoms with Crippen molar-refractivity contribution in [1.29, 1.82) is 0 Å². The summed E-state index contributed by atoms with van der Waals surface area (Å²) < 4.78 is 0. The molecule has 2 rings (SSSR count). The van der Waals surface area contributed by atoms with Gasteiger partial charge in [-0.15, -0.1) is 0 Å². The molecule has 104 valence electrons. The summed E-state index contributed by atoms with van der Waals surface area (Å²) in [5.41, 5.74) is 2.38. The van der Waals surface area contributed by atoms with Gasteiger partial charge in [-0.1, -0.05) is 19.8 Å². The second-order valence-corrected chi connectivity index (χ2v) is 5.46. The highest BCUT2D eigenvalue weighted by molar-refractivity contribution is 5.99. The Bertz CT molecular complexity index is 459. The summed E-state index contributed by atoms with van der Waals surface area (Å²) in [6.07, 6.45) is 6.43. The Labute approximate surface area is 115 Å². The van der Waals surface area contributed by atoms with Crippen LogP contribution in [0.25, 0.3) is 0 Å². The number of hydrogen-bond acceptors (Lipinski definition) is 3. The third-order valence-electron chi connectivity index (χ3n) is 3.98. The monoisotopic (exact) mass is 261 g/mol. The lowest BCUT2D eigenvalue weighted by molar-refractivity contribution is 0.0911. The Morgan fingerprint density at radius 2 is 2.11 bits per heavy atom. The van der Waals surface area contributed by atoms with Gasteiger partial charge in [0.15, 0.2) is 0 Å². The summed E-state index contributed by atoms with van der Waals surface area (Å²) >= 11 is 0. The van der Waals surface area contributed by atoms with Crippen LogP contribution >= 0.6 is 0 Å². The number of aromatic nitrogens is 1.